The van der Waals surface area contributed by atoms with Gasteiger partial charge in [-0.1, -0.05) is 12.8 Å². The fraction of sp³-hybridized carbons (Fsp3) is 0.500. The average molecular weight is 344 g/mol. The lowest BCUT2D eigenvalue weighted by Crippen LogP contribution is -2.47. The highest BCUT2D eigenvalue weighted by molar-refractivity contribution is 6.00. The van der Waals surface area contributed by atoms with Gasteiger partial charge in [-0.15, -0.1) is 0 Å². The largest absolute Gasteiger partial charge is 0.339 e. The van der Waals surface area contributed by atoms with Crippen molar-refractivity contribution in [3.63, 3.8) is 0 Å². The van der Waals surface area contributed by atoms with Crippen molar-refractivity contribution in [1.82, 2.24) is 15.1 Å². The van der Waals surface area contributed by atoms with Gasteiger partial charge in [0.25, 0.3) is 0 Å². The lowest BCUT2D eigenvalue weighted by molar-refractivity contribution is -0.133. The molecule has 1 aliphatic carbocycles. The summed E-state index contributed by atoms with van der Waals surface area (Å²) in [5.74, 6) is -0.110. The summed E-state index contributed by atoms with van der Waals surface area (Å²) < 4.78 is 13.3. The monoisotopic (exact) mass is 344 g/mol. The molecule has 6 nitrogen and oxygen atoms in total. The normalized spacial score (nSPS) is 24.0. The minimum atomic E-state index is -0.353. The van der Waals surface area contributed by atoms with Crippen molar-refractivity contribution >= 4 is 28.5 Å². The number of hydrogen-bond acceptors (Lipinski definition) is 3. The van der Waals surface area contributed by atoms with Crippen molar-refractivity contribution in [3.8, 4) is 0 Å². The summed E-state index contributed by atoms with van der Waals surface area (Å²) >= 11 is 0. The van der Waals surface area contributed by atoms with Gasteiger partial charge in [0, 0.05) is 24.4 Å². The predicted molar refractivity (Wildman–Crippen MR) is 91.4 cm³/mol. The van der Waals surface area contributed by atoms with E-state index in [-0.39, 0.29) is 29.6 Å². The number of hydrogen-bond donors (Lipinski definition) is 2. The molecule has 1 aromatic heterocycles. The topological polar surface area (TPSA) is 78.1 Å². The first-order valence-corrected chi connectivity index (χ1v) is 8.87. The molecule has 4 rings (SSSR count). The first-order chi connectivity index (χ1) is 12.1. The van der Waals surface area contributed by atoms with E-state index in [0.29, 0.717) is 23.1 Å². The van der Waals surface area contributed by atoms with Crippen LogP contribution in [0.4, 0.5) is 10.2 Å². The third-order valence-electron chi connectivity index (χ3n) is 5.34. The first-order valence-electron chi connectivity index (χ1n) is 8.87. The molecule has 0 radical (unpaired) electrons. The van der Waals surface area contributed by atoms with E-state index in [0.717, 1.165) is 38.6 Å². The van der Waals surface area contributed by atoms with Gasteiger partial charge in [0.1, 0.15) is 5.82 Å². The van der Waals surface area contributed by atoms with Gasteiger partial charge in [-0.25, -0.2) is 4.39 Å². The lowest BCUT2D eigenvalue weighted by atomic mass is 9.83. The number of aromatic nitrogens is 2. The maximum atomic E-state index is 13.3. The number of H-pyrrole nitrogens is 1. The number of benzene rings is 1. The number of fused-ring (bicyclic) bond motifs is 1. The molecule has 25 heavy (non-hydrogen) atoms. The third kappa shape index (κ3) is 2.99. The van der Waals surface area contributed by atoms with E-state index in [4.69, 9.17) is 0 Å². The molecule has 1 saturated heterocycles. The molecule has 7 heteroatoms. The maximum absolute atomic E-state index is 13.3. The Kier molecular flexibility index (Phi) is 4.15. The number of carbonyl (C=O) groups excluding carboxylic acids is 2. The summed E-state index contributed by atoms with van der Waals surface area (Å²) in [5.41, 5.74) is 0.546. The van der Waals surface area contributed by atoms with Crippen molar-refractivity contribution < 1.29 is 14.0 Å². The zero-order chi connectivity index (χ0) is 17.4. The summed E-state index contributed by atoms with van der Waals surface area (Å²) in [7, 11) is 0. The molecule has 0 spiro atoms. The molecule has 2 aliphatic rings. The fourth-order valence-electron chi connectivity index (χ4n) is 4.11. The van der Waals surface area contributed by atoms with Crippen molar-refractivity contribution in [3.05, 3.63) is 24.0 Å². The summed E-state index contributed by atoms with van der Waals surface area (Å²) in [6, 6.07) is 4.28. The van der Waals surface area contributed by atoms with E-state index in [1.165, 1.54) is 12.1 Å². The second kappa shape index (κ2) is 6.46. The van der Waals surface area contributed by atoms with Gasteiger partial charge in [0.2, 0.25) is 11.8 Å². The van der Waals surface area contributed by atoms with Gasteiger partial charge in [-0.05, 0) is 37.5 Å². The Morgan fingerprint density at radius 2 is 2.12 bits per heavy atom. The van der Waals surface area contributed by atoms with E-state index in [9.17, 15) is 14.0 Å². The van der Waals surface area contributed by atoms with Crippen LogP contribution >= 0.6 is 0 Å². The number of nitrogens with one attached hydrogen (secondary N) is 2. The standard InChI is InChI=1S/C18H21FN4O2/c19-11-7-8-12-14(10-11)21-22-17(12)20-18(25)13-4-1-2-5-15(13)23-9-3-6-16(23)24/h7-8,10,13,15H,1-6,9H2,(H2,20,21,22,25)/t13-,15+/m1/s1. The summed E-state index contributed by atoms with van der Waals surface area (Å²) in [5, 5.41) is 10.4. The van der Waals surface area contributed by atoms with Gasteiger partial charge < -0.3 is 10.2 Å². The van der Waals surface area contributed by atoms with Crippen LogP contribution in [0.2, 0.25) is 0 Å². The van der Waals surface area contributed by atoms with Crippen LogP contribution in [-0.4, -0.2) is 39.5 Å². The van der Waals surface area contributed by atoms with Crippen molar-refractivity contribution in [2.75, 3.05) is 11.9 Å². The van der Waals surface area contributed by atoms with Crippen molar-refractivity contribution in [2.45, 2.75) is 44.6 Å². The number of amides is 2. The minimum Gasteiger partial charge on any atom is -0.339 e. The second-order valence-corrected chi connectivity index (χ2v) is 6.90. The molecule has 2 aromatic rings. The Bertz CT molecular complexity index is 819. The second-order valence-electron chi connectivity index (χ2n) is 6.90. The zero-order valence-corrected chi connectivity index (χ0v) is 13.9. The van der Waals surface area contributed by atoms with E-state index in [1.807, 2.05) is 4.90 Å². The van der Waals surface area contributed by atoms with E-state index < -0.39 is 0 Å². The molecule has 1 saturated carbocycles. The Hall–Kier alpha value is -2.44. The summed E-state index contributed by atoms with van der Waals surface area (Å²) in [6.07, 6.45) is 5.14. The molecular weight excluding hydrogens is 323 g/mol. The van der Waals surface area contributed by atoms with Crippen LogP contribution in [0, 0.1) is 11.7 Å². The molecule has 2 amide bonds. The van der Waals surface area contributed by atoms with Crippen LogP contribution < -0.4 is 5.32 Å². The predicted octanol–water partition coefficient (Wildman–Crippen LogP) is 2.82. The van der Waals surface area contributed by atoms with Crippen LogP contribution in [0.1, 0.15) is 38.5 Å². The Labute approximate surface area is 144 Å². The highest BCUT2D eigenvalue weighted by Crippen LogP contribution is 2.32. The van der Waals surface area contributed by atoms with Crippen LogP contribution in [0.3, 0.4) is 0 Å². The highest BCUT2D eigenvalue weighted by Gasteiger charge is 2.38. The number of aromatic amines is 1. The van der Waals surface area contributed by atoms with E-state index >= 15 is 0 Å². The number of anilines is 1. The molecule has 132 valence electrons. The molecule has 2 heterocycles. The zero-order valence-electron chi connectivity index (χ0n) is 13.9. The average Bonchev–Trinajstić information content (AvgIpc) is 3.21. The van der Waals surface area contributed by atoms with Gasteiger partial charge >= 0.3 is 0 Å². The molecule has 2 atom stereocenters. The van der Waals surface area contributed by atoms with E-state index in [1.54, 1.807) is 6.07 Å². The third-order valence-corrected chi connectivity index (χ3v) is 5.34. The lowest BCUT2D eigenvalue weighted by Gasteiger charge is -2.37. The molecule has 1 aliphatic heterocycles. The van der Waals surface area contributed by atoms with Crippen LogP contribution in [-0.2, 0) is 9.59 Å². The van der Waals surface area contributed by atoms with Crippen LogP contribution in [0.25, 0.3) is 10.9 Å². The molecule has 2 N–H and O–H groups in total. The smallest absolute Gasteiger partial charge is 0.230 e. The Morgan fingerprint density at radius 3 is 2.92 bits per heavy atom. The molecule has 0 unspecified atom stereocenters. The molecule has 2 fully saturated rings. The summed E-state index contributed by atoms with van der Waals surface area (Å²) in [4.78, 5) is 26.9. The number of likely N-dealkylation sites (tertiary alicyclic amines) is 1. The van der Waals surface area contributed by atoms with Gasteiger partial charge in [0.05, 0.1) is 11.4 Å². The Balaban J connectivity index is 1.54. The number of rotatable bonds is 3. The molecular formula is C18H21FN4O2. The van der Waals surface area contributed by atoms with Gasteiger partial charge in [0.15, 0.2) is 5.82 Å². The van der Waals surface area contributed by atoms with Crippen LogP contribution in [0.5, 0.6) is 0 Å². The first kappa shape index (κ1) is 16.1. The molecule has 1 aromatic carbocycles. The number of carbonyl (C=O) groups is 2. The minimum absolute atomic E-state index is 0.0219. The SMILES string of the molecule is O=C(Nc1n[nH]c2cc(F)ccc12)[C@@H]1CCCC[C@@H]1N1CCCC1=O. The summed E-state index contributed by atoms with van der Waals surface area (Å²) in [6.45, 7) is 0.748. The molecule has 0 bridgehead atoms. The quantitative estimate of drug-likeness (QED) is 0.899. The highest BCUT2D eigenvalue weighted by atomic mass is 19.1. The maximum Gasteiger partial charge on any atom is 0.230 e. The number of halogens is 1. The number of nitrogens with zero attached hydrogens (tertiary/aromatic N) is 2. The fourth-order valence-corrected chi connectivity index (χ4v) is 4.11. The van der Waals surface area contributed by atoms with Gasteiger partial charge in [-0.2, -0.15) is 5.10 Å². The van der Waals surface area contributed by atoms with Crippen LogP contribution in [0.15, 0.2) is 18.2 Å². The van der Waals surface area contributed by atoms with Crippen molar-refractivity contribution in [2.24, 2.45) is 5.92 Å². The Morgan fingerprint density at radius 1 is 1.28 bits per heavy atom. The van der Waals surface area contributed by atoms with Crippen molar-refractivity contribution in [1.29, 1.82) is 0 Å². The van der Waals surface area contributed by atoms with E-state index in [2.05, 4.69) is 15.5 Å². The van der Waals surface area contributed by atoms with Gasteiger partial charge in [-0.3, -0.25) is 14.7 Å².